The smallest absolute Gasteiger partial charge is 0.248 e. The first-order valence-corrected chi connectivity index (χ1v) is 10.5. The number of hydrogen-bond acceptors (Lipinski definition) is 9. The normalized spacial score (nSPS) is 19.5. The van der Waals surface area contributed by atoms with Crippen molar-refractivity contribution in [2.24, 2.45) is 0 Å². The maximum atomic E-state index is 6.06. The molecule has 0 amide bonds. The van der Waals surface area contributed by atoms with E-state index in [1.54, 1.807) is 19.5 Å². The topological polar surface area (TPSA) is 128 Å². The summed E-state index contributed by atoms with van der Waals surface area (Å²) in [5, 5.41) is 16.7. The number of nitrogens with zero attached hydrogens (tertiary/aromatic N) is 5. The number of hydrogen-bond donors (Lipinski definition) is 2. The highest BCUT2D eigenvalue weighted by molar-refractivity contribution is 5.96. The molecule has 32 heavy (non-hydrogen) atoms. The van der Waals surface area contributed by atoms with Crippen molar-refractivity contribution in [2.75, 3.05) is 25.9 Å². The minimum absolute atomic E-state index is 0.175. The number of nitrogens with one attached hydrogen (secondary N) is 1. The zero-order valence-electron chi connectivity index (χ0n) is 18.2. The molecule has 0 radical (unpaired) electrons. The Balaban J connectivity index is 1.48. The van der Waals surface area contributed by atoms with Gasteiger partial charge in [0.1, 0.15) is 0 Å². The maximum Gasteiger partial charge on any atom is 0.248 e. The van der Waals surface area contributed by atoms with Crippen molar-refractivity contribution < 1.29 is 13.9 Å². The molecule has 0 unspecified atom stereocenters. The van der Waals surface area contributed by atoms with E-state index in [2.05, 4.69) is 44.1 Å². The Morgan fingerprint density at radius 2 is 1.94 bits per heavy atom. The van der Waals surface area contributed by atoms with Crippen LogP contribution in [0.2, 0.25) is 0 Å². The molecule has 2 atom stereocenters. The second-order valence-electron chi connectivity index (χ2n) is 8.13. The predicted molar refractivity (Wildman–Crippen MR) is 119 cm³/mol. The molecule has 1 aliphatic heterocycles. The average molecular weight is 435 g/mol. The van der Waals surface area contributed by atoms with Gasteiger partial charge < -0.3 is 19.6 Å². The lowest BCUT2D eigenvalue weighted by Crippen LogP contribution is -2.44. The fraction of sp³-hybridized carbons (Fsp3) is 0.364. The Kier molecular flexibility index (Phi) is 5.24. The highest BCUT2D eigenvalue weighted by Crippen LogP contribution is 2.34. The van der Waals surface area contributed by atoms with Crippen LogP contribution in [0.15, 0.2) is 35.0 Å². The molecule has 4 aromatic rings. The first-order chi connectivity index (χ1) is 15.5. The van der Waals surface area contributed by atoms with Gasteiger partial charge in [0.25, 0.3) is 0 Å². The minimum Gasteiger partial charge on any atom is -0.480 e. The molecule has 3 N–H and O–H groups in total. The van der Waals surface area contributed by atoms with E-state index in [1.807, 2.05) is 18.2 Å². The van der Waals surface area contributed by atoms with E-state index in [0.29, 0.717) is 29.9 Å². The number of pyridine rings is 1. The third-order valence-corrected chi connectivity index (χ3v) is 5.52. The molecule has 4 heterocycles. The van der Waals surface area contributed by atoms with Crippen LogP contribution in [0.25, 0.3) is 33.5 Å². The van der Waals surface area contributed by atoms with Crippen molar-refractivity contribution in [3.8, 4) is 28.5 Å². The van der Waals surface area contributed by atoms with Gasteiger partial charge in [0.15, 0.2) is 0 Å². The number of morpholine rings is 1. The quantitative estimate of drug-likeness (QED) is 0.486. The molecule has 0 saturated carbocycles. The van der Waals surface area contributed by atoms with Crippen LogP contribution in [-0.2, 0) is 11.3 Å². The maximum absolute atomic E-state index is 6.06. The van der Waals surface area contributed by atoms with Gasteiger partial charge in [-0.3, -0.25) is 10.00 Å². The van der Waals surface area contributed by atoms with E-state index in [0.717, 1.165) is 40.7 Å². The van der Waals surface area contributed by atoms with Crippen LogP contribution in [0.5, 0.6) is 5.88 Å². The van der Waals surface area contributed by atoms with Gasteiger partial charge >= 0.3 is 0 Å². The Morgan fingerprint density at radius 3 is 2.69 bits per heavy atom. The number of fused-ring (bicyclic) bond motifs is 1. The number of nitrogen functional groups attached to an aromatic ring is 1. The van der Waals surface area contributed by atoms with Crippen LogP contribution in [-0.4, -0.2) is 62.7 Å². The Morgan fingerprint density at radius 1 is 1.12 bits per heavy atom. The molecule has 1 fully saturated rings. The average Bonchev–Trinajstić information content (AvgIpc) is 3.41. The summed E-state index contributed by atoms with van der Waals surface area (Å²) < 4.78 is 17.0. The van der Waals surface area contributed by atoms with Crippen molar-refractivity contribution in [3.63, 3.8) is 0 Å². The number of anilines is 1. The zero-order valence-corrected chi connectivity index (χ0v) is 18.2. The lowest BCUT2D eigenvalue weighted by molar-refractivity contribution is -0.0721. The van der Waals surface area contributed by atoms with Crippen LogP contribution < -0.4 is 10.5 Å². The van der Waals surface area contributed by atoms with Gasteiger partial charge in [0, 0.05) is 30.2 Å². The highest BCUT2D eigenvalue weighted by atomic mass is 16.5. The van der Waals surface area contributed by atoms with Crippen LogP contribution in [0, 0.1) is 0 Å². The molecule has 0 aliphatic carbocycles. The first kappa shape index (κ1) is 20.4. The third kappa shape index (κ3) is 3.90. The summed E-state index contributed by atoms with van der Waals surface area (Å²) in [6.07, 6.45) is 3.82. The van der Waals surface area contributed by atoms with Gasteiger partial charge in [-0.2, -0.15) is 5.10 Å². The molecule has 1 saturated heterocycles. The molecule has 0 bridgehead atoms. The lowest BCUT2D eigenvalue weighted by Gasteiger charge is -2.34. The van der Waals surface area contributed by atoms with E-state index in [9.17, 15) is 0 Å². The predicted octanol–water partition coefficient (Wildman–Crippen LogP) is 2.87. The molecule has 1 aliphatic rings. The summed E-state index contributed by atoms with van der Waals surface area (Å²) in [5.41, 5.74) is 9.91. The molecule has 166 valence electrons. The van der Waals surface area contributed by atoms with E-state index < -0.39 is 0 Å². The third-order valence-electron chi connectivity index (χ3n) is 5.52. The van der Waals surface area contributed by atoms with Crippen molar-refractivity contribution in [2.45, 2.75) is 32.6 Å². The fourth-order valence-electron chi connectivity index (χ4n) is 4.22. The van der Waals surface area contributed by atoms with Gasteiger partial charge in [0.05, 0.1) is 48.8 Å². The van der Waals surface area contributed by atoms with E-state index >= 15 is 0 Å². The molecule has 10 heteroatoms. The largest absolute Gasteiger partial charge is 0.480 e. The minimum atomic E-state index is 0.175. The Bertz CT molecular complexity index is 1240. The fourth-order valence-corrected chi connectivity index (χ4v) is 4.22. The van der Waals surface area contributed by atoms with Gasteiger partial charge in [-0.1, -0.05) is 0 Å². The summed E-state index contributed by atoms with van der Waals surface area (Å²) >= 11 is 0. The summed E-state index contributed by atoms with van der Waals surface area (Å²) in [4.78, 5) is 6.55. The number of benzene rings is 1. The second-order valence-corrected chi connectivity index (χ2v) is 8.13. The van der Waals surface area contributed by atoms with Crippen LogP contribution >= 0.6 is 0 Å². The number of aromatic amines is 1. The second kappa shape index (κ2) is 8.21. The summed E-state index contributed by atoms with van der Waals surface area (Å²) in [5.74, 6) is 1.40. The molecular formula is C22H25N7O3. The molecule has 10 nitrogen and oxygen atoms in total. The van der Waals surface area contributed by atoms with Crippen LogP contribution in [0.3, 0.4) is 0 Å². The van der Waals surface area contributed by atoms with Crippen molar-refractivity contribution >= 4 is 16.6 Å². The molecule has 1 aromatic carbocycles. The summed E-state index contributed by atoms with van der Waals surface area (Å²) in [7, 11) is 1.54. The molecule has 5 rings (SSSR count). The first-order valence-electron chi connectivity index (χ1n) is 10.5. The Hall–Kier alpha value is -3.50. The van der Waals surface area contributed by atoms with Gasteiger partial charge in [-0.25, -0.2) is 4.98 Å². The number of rotatable bonds is 5. The van der Waals surface area contributed by atoms with Crippen molar-refractivity contribution in [1.29, 1.82) is 0 Å². The number of aromatic nitrogens is 5. The van der Waals surface area contributed by atoms with Crippen molar-refractivity contribution in [3.05, 3.63) is 36.5 Å². The van der Waals surface area contributed by atoms with Gasteiger partial charge in [-0.05, 0) is 37.6 Å². The molecular weight excluding hydrogens is 410 g/mol. The van der Waals surface area contributed by atoms with E-state index in [4.69, 9.17) is 19.6 Å². The number of methoxy groups -OCH3 is 1. The molecule has 3 aromatic heterocycles. The van der Waals surface area contributed by atoms with Crippen LogP contribution in [0.4, 0.5) is 5.69 Å². The standard InChI is InChI=1S/C22H25N7O3/c1-12-9-29(10-13(2)31-12)11-20-27-28-21(32-20)16-4-14(6-19-17(16)8-25-26-19)15-5-18(23)22(30-3)24-7-15/h4-8,12-13H,9-11,23H2,1-3H3,(H,25,26)/t12-,13+. The van der Waals surface area contributed by atoms with E-state index in [1.165, 1.54) is 0 Å². The van der Waals surface area contributed by atoms with Gasteiger partial charge in [0.2, 0.25) is 17.7 Å². The SMILES string of the molecule is COc1ncc(-c2cc(-c3nnc(CN4C[C@@H](C)O[C@@H](C)C4)o3)c3cn[nH]c3c2)cc1N. The molecule has 0 spiro atoms. The van der Waals surface area contributed by atoms with Gasteiger partial charge in [-0.15, -0.1) is 10.2 Å². The van der Waals surface area contributed by atoms with Crippen molar-refractivity contribution in [1.82, 2.24) is 30.3 Å². The monoisotopic (exact) mass is 435 g/mol. The summed E-state index contributed by atoms with van der Waals surface area (Å²) in [6.45, 7) is 6.39. The zero-order chi connectivity index (χ0) is 22.2. The number of ether oxygens (including phenoxy) is 2. The number of H-pyrrole nitrogens is 1. The van der Waals surface area contributed by atoms with Crippen LogP contribution in [0.1, 0.15) is 19.7 Å². The number of nitrogens with two attached hydrogens (primary N) is 1. The Labute approximate surface area is 184 Å². The highest BCUT2D eigenvalue weighted by Gasteiger charge is 2.24. The lowest BCUT2D eigenvalue weighted by atomic mass is 10.0. The van der Waals surface area contributed by atoms with E-state index in [-0.39, 0.29) is 12.2 Å². The summed E-state index contributed by atoms with van der Waals surface area (Å²) in [6, 6.07) is 5.80.